The zero-order chi connectivity index (χ0) is 22.4. The topological polar surface area (TPSA) is 72.7 Å². The fourth-order valence-corrected chi connectivity index (χ4v) is 3.69. The lowest BCUT2D eigenvalue weighted by atomic mass is 10.0. The van der Waals surface area contributed by atoms with E-state index in [0.29, 0.717) is 30.5 Å². The van der Waals surface area contributed by atoms with Crippen molar-refractivity contribution in [3.8, 4) is 0 Å². The van der Waals surface area contributed by atoms with Gasteiger partial charge in [-0.1, -0.05) is 78.4 Å². The lowest BCUT2D eigenvalue weighted by molar-refractivity contribution is -0.385. The van der Waals surface area contributed by atoms with Crippen molar-refractivity contribution in [1.82, 2.24) is 4.90 Å². The van der Waals surface area contributed by atoms with Crippen LogP contribution in [0.25, 0.3) is 0 Å². The van der Waals surface area contributed by atoms with E-state index in [1.165, 1.54) is 44.6 Å². The summed E-state index contributed by atoms with van der Waals surface area (Å²) in [6.45, 7) is 9.99. The first-order chi connectivity index (χ1) is 14.4. The summed E-state index contributed by atoms with van der Waals surface area (Å²) in [7, 11) is 0. The van der Waals surface area contributed by atoms with Crippen molar-refractivity contribution in [1.29, 1.82) is 0 Å². The van der Waals surface area contributed by atoms with Crippen LogP contribution in [0.5, 0.6) is 0 Å². The highest BCUT2D eigenvalue weighted by molar-refractivity contribution is 5.67. The molecule has 0 bridgehead atoms. The molecule has 0 heterocycles. The molecule has 2 unspecified atom stereocenters. The standard InChI is InChI=1S/C24H40N2O4/c1-5-7-9-13-20(3)17-25(18-21(4)14-10-8-6-2)24(27)30-19-22-15-11-12-16-23(22)26(28)29/h11-12,15-16,20-21H,5-10,13-14,17-19H2,1-4H3. The largest absolute Gasteiger partial charge is 0.444 e. The molecule has 0 spiro atoms. The van der Waals surface area contributed by atoms with Crippen LogP contribution in [0.15, 0.2) is 24.3 Å². The van der Waals surface area contributed by atoms with Gasteiger partial charge in [-0.05, 0) is 30.7 Å². The number of nitro groups is 1. The number of benzene rings is 1. The number of para-hydroxylation sites is 1. The second-order valence-corrected chi connectivity index (χ2v) is 8.55. The minimum Gasteiger partial charge on any atom is -0.444 e. The number of carbonyl (C=O) groups is 1. The van der Waals surface area contributed by atoms with E-state index in [0.717, 1.165) is 12.8 Å². The molecule has 0 saturated heterocycles. The molecule has 0 aromatic heterocycles. The van der Waals surface area contributed by atoms with Gasteiger partial charge in [-0.15, -0.1) is 0 Å². The van der Waals surface area contributed by atoms with Gasteiger partial charge in [0.05, 0.1) is 10.5 Å². The molecule has 0 fully saturated rings. The molecule has 1 aromatic rings. The molecule has 30 heavy (non-hydrogen) atoms. The van der Waals surface area contributed by atoms with Gasteiger partial charge in [0.1, 0.15) is 6.61 Å². The molecule has 170 valence electrons. The number of nitrogens with zero attached hydrogens (tertiary/aromatic N) is 2. The Kier molecular flexibility index (Phi) is 12.8. The zero-order valence-corrected chi connectivity index (χ0v) is 19.3. The molecule has 1 aromatic carbocycles. The molecular weight excluding hydrogens is 380 g/mol. The third-order valence-corrected chi connectivity index (χ3v) is 5.46. The van der Waals surface area contributed by atoms with Gasteiger partial charge in [-0.25, -0.2) is 4.79 Å². The Bertz CT molecular complexity index is 617. The summed E-state index contributed by atoms with van der Waals surface area (Å²) in [4.78, 5) is 25.4. The van der Waals surface area contributed by atoms with E-state index < -0.39 is 4.92 Å². The second-order valence-electron chi connectivity index (χ2n) is 8.55. The molecule has 0 aliphatic rings. The summed E-state index contributed by atoms with van der Waals surface area (Å²) in [5, 5.41) is 11.2. The van der Waals surface area contributed by atoms with Crippen LogP contribution >= 0.6 is 0 Å². The maximum absolute atomic E-state index is 12.9. The molecule has 2 atom stereocenters. The second kappa shape index (κ2) is 14.8. The maximum atomic E-state index is 12.9. The summed E-state index contributed by atoms with van der Waals surface area (Å²) in [5.41, 5.74) is 0.403. The van der Waals surface area contributed by atoms with E-state index in [2.05, 4.69) is 27.7 Å². The van der Waals surface area contributed by atoms with Gasteiger partial charge in [0.2, 0.25) is 0 Å². The third-order valence-electron chi connectivity index (χ3n) is 5.46. The lowest BCUT2D eigenvalue weighted by Gasteiger charge is -2.28. The van der Waals surface area contributed by atoms with Gasteiger partial charge in [0, 0.05) is 19.2 Å². The van der Waals surface area contributed by atoms with Crippen LogP contribution in [0.1, 0.15) is 84.6 Å². The van der Waals surface area contributed by atoms with E-state index in [9.17, 15) is 14.9 Å². The molecule has 0 aliphatic carbocycles. The van der Waals surface area contributed by atoms with Gasteiger partial charge in [-0.3, -0.25) is 10.1 Å². The van der Waals surface area contributed by atoms with Gasteiger partial charge < -0.3 is 9.64 Å². The molecule has 0 aliphatic heterocycles. The SMILES string of the molecule is CCCCCC(C)CN(CC(C)CCCCC)C(=O)OCc1ccccc1[N+](=O)[O-]. The average molecular weight is 421 g/mol. The molecular formula is C24H40N2O4. The highest BCUT2D eigenvalue weighted by Crippen LogP contribution is 2.20. The zero-order valence-electron chi connectivity index (χ0n) is 19.3. The Morgan fingerprint density at radius 2 is 1.53 bits per heavy atom. The monoisotopic (exact) mass is 420 g/mol. The lowest BCUT2D eigenvalue weighted by Crippen LogP contribution is -2.38. The number of carbonyl (C=O) groups excluding carboxylic acids is 1. The van der Waals surface area contributed by atoms with Gasteiger partial charge in [0.15, 0.2) is 0 Å². The fraction of sp³-hybridized carbons (Fsp3) is 0.708. The van der Waals surface area contributed by atoms with Crippen LogP contribution in [0.3, 0.4) is 0 Å². The smallest absolute Gasteiger partial charge is 0.410 e. The molecule has 0 N–H and O–H groups in total. The van der Waals surface area contributed by atoms with Crippen LogP contribution < -0.4 is 0 Å². The van der Waals surface area contributed by atoms with Crippen molar-refractivity contribution in [2.75, 3.05) is 13.1 Å². The third kappa shape index (κ3) is 10.1. The molecule has 1 rings (SSSR count). The number of rotatable bonds is 15. The number of nitro benzene ring substituents is 1. The molecule has 0 saturated carbocycles. The van der Waals surface area contributed by atoms with Crippen molar-refractivity contribution < 1.29 is 14.5 Å². The summed E-state index contributed by atoms with van der Waals surface area (Å²) in [5.74, 6) is 0.802. The van der Waals surface area contributed by atoms with E-state index in [1.54, 1.807) is 18.2 Å². The Balaban J connectivity index is 2.73. The van der Waals surface area contributed by atoms with Crippen molar-refractivity contribution in [2.24, 2.45) is 11.8 Å². The molecule has 0 radical (unpaired) electrons. The summed E-state index contributed by atoms with van der Waals surface area (Å²) < 4.78 is 5.52. The van der Waals surface area contributed by atoms with E-state index in [1.807, 2.05) is 4.90 Å². The van der Waals surface area contributed by atoms with Gasteiger partial charge >= 0.3 is 6.09 Å². The maximum Gasteiger partial charge on any atom is 0.410 e. The number of unbranched alkanes of at least 4 members (excludes halogenated alkanes) is 4. The first-order valence-corrected chi connectivity index (χ1v) is 11.5. The molecule has 6 nitrogen and oxygen atoms in total. The Labute approximate surface area is 182 Å². The van der Waals surface area contributed by atoms with Crippen molar-refractivity contribution >= 4 is 11.8 Å². The van der Waals surface area contributed by atoms with Crippen LogP contribution in [-0.4, -0.2) is 29.0 Å². The first-order valence-electron chi connectivity index (χ1n) is 11.5. The minimum absolute atomic E-state index is 0.0160. The molecule has 6 heteroatoms. The Morgan fingerprint density at radius 3 is 2.03 bits per heavy atom. The van der Waals surface area contributed by atoms with E-state index >= 15 is 0 Å². The van der Waals surface area contributed by atoms with Crippen molar-refractivity contribution in [3.05, 3.63) is 39.9 Å². The predicted octanol–water partition coefficient (Wildman–Crippen LogP) is 6.97. The van der Waals surface area contributed by atoms with Crippen LogP contribution in [0.2, 0.25) is 0 Å². The van der Waals surface area contributed by atoms with Gasteiger partial charge in [-0.2, -0.15) is 0 Å². The first kappa shape index (κ1) is 25.9. The Morgan fingerprint density at radius 1 is 1.00 bits per heavy atom. The summed E-state index contributed by atoms with van der Waals surface area (Å²) in [6.07, 6.45) is 8.92. The summed E-state index contributed by atoms with van der Waals surface area (Å²) >= 11 is 0. The predicted molar refractivity (Wildman–Crippen MR) is 121 cm³/mol. The highest BCUT2D eigenvalue weighted by atomic mass is 16.6. The summed E-state index contributed by atoms with van der Waals surface area (Å²) in [6, 6.07) is 6.41. The minimum atomic E-state index is -0.438. The van der Waals surface area contributed by atoms with E-state index in [4.69, 9.17) is 4.74 Å². The van der Waals surface area contributed by atoms with Crippen LogP contribution in [0.4, 0.5) is 10.5 Å². The van der Waals surface area contributed by atoms with Gasteiger partial charge in [0.25, 0.3) is 5.69 Å². The van der Waals surface area contributed by atoms with Crippen molar-refractivity contribution in [3.63, 3.8) is 0 Å². The fourth-order valence-electron chi connectivity index (χ4n) is 3.69. The van der Waals surface area contributed by atoms with Crippen LogP contribution in [-0.2, 0) is 11.3 Å². The number of hydrogen-bond donors (Lipinski definition) is 0. The Hall–Kier alpha value is -2.11. The van der Waals surface area contributed by atoms with E-state index in [-0.39, 0.29) is 18.4 Å². The number of amides is 1. The highest BCUT2D eigenvalue weighted by Gasteiger charge is 2.22. The number of hydrogen-bond acceptors (Lipinski definition) is 4. The van der Waals surface area contributed by atoms with Crippen molar-refractivity contribution in [2.45, 2.75) is 85.7 Å². The average Bonchev–Trinajstić information content (AvgIpc) is 2.72. The number of ether oxygens (including phenoxy) is 1. The van der Waals surface area contributed by atoms with Crippen LogP contribution in [0, 0.1) is 22.0 Å². The normalized spacial score (nSPS) is 12.9. The quantitative estimate of drug-likeness (QED) is 0.174. The molecule has 1 amide bonds.